The van der Waals surface area contributed by atoms with Crippen LogP contribution >= 0.6 is 11.3 Å². The third-order valence-electron chi connectivity index (χ3n) is 7.22. The van der Waals surface area contributed by atoms with Crippen LogP contribution in [0.2, 0.25) is 0 Å². The molecule has 1 atom stereocenters. The van der Waals surface area contributed by atoms with E-state index in [1.807, 2.05) is 6.07 Å². The van der Waals surface area contributed by atoms with Crippen LogP contribution in [0.3, 0.4) is 0 Å². The summed E-state index contributed by atoms with van der Waals surface area (Å²) in [5.74, 6) is 0.547. The molecule has 3 nitrogen and oxygen atoms in total. The van der Waals surface area contributed by atoms with E-state index in [-0.39, 0.29) is 11.9 Å². The molecule has 2 heterocycles. The predicted octanol–water partition coefficient (Wildman–Crippen LogP) is 7.36. The molecule has 1 aliphatic heterocycles. The molecule has 5 rings (SSSR count). The highest BCUT2D eigenvalue weighted by atomic mass is 32.1. The second-order valence-corrected chi connectivity index (χ2v) is 10.1. The molecule has 1 saturated carbocycles. The van der Waals surface area contributed by atoms with Crippen LogP contribution in [-0.4, -0.2) is 12.5 Å². The number of hydrogen-bond donors (Lipinski definition) is 2. The third kappa shape index (κ3) is 4.49. The lowest BCUT2D eigenvalue weighted by Crippen LogP contribution is -2.32. The van der Waals surface area contributed by atoms with E-state index < -0.39 is 0 Å². The van der Waals surface area contributed by atoms with Gasteiger partial charge >= 0.3 is 0 Å². The monoisotopic (exact) mass is 456 g/mol. The summed E-state index contributed by atoms with van der Waals surface area (Å²) >= 11 is 1.70. The zero-order chi connectivity index (χ0) is 22.8. The average Bonchev–Trinajstić information content (AvgIpc) is 3.57. The molecular formula is C29H32N2OS. The summed E-state index contributed by atoms with van der Waals surface area (Å²) in [5.41, 5.74) is 9.33. The van der Waals surface area contributed by atoms with Gasteiger partial charge < -0.3 is 10.6 Å². The SMILES string of the molecule is CCC1=C(c2ccc(C)cc2)c2cc(C(=O)NC(c3ccsc3)C3CCCC3)ccc2NC1. The molecule has 170 valence electrons. The van der Waals surface area contributed by atoms with Crippen molar-refractivity contribution in [3.63, 3.8) is 0 Å². The minimum atomic E-state index is 0.0211. The van der Waals surface area contributed by atoms with E-state index in [2.05, 4.69) is 77.7 Å². The largest absolute Gasteiger partial charge is 0.381 e. The summed E-state index contributed by atoms with van der Waals surface area (Å²) < 4.78 is 0. The second kappa shape index (κ2) is 9.56. The van der Waals surface area contributed by atoms with Gasteiger partial charge in [0.1, 0.15) is 0 Å². The molecule has 1 aliphatic carbocycles. The number of nitrogens with one attached hydrogen (secondary N) is 2. The maximum Gasteiger partial charge on any atom is 0.251 e. The van der Waals surface area contributed by atoms with Crippen molar-refractivity contribution in [3.05, 3.63) is 92.7 Å². The van der Waals surface area contributed by atoms with Crippen molar-refractivity contribution in [3.8, 4) is 0 Å². The number of benzene rings is 2. The van der Waals surface area contributed by atoms with Crippen LogP contribution in [0, 0.1) is 12.8 Å². The van der Waals surface area contributed by atoms with Gasteiger partial charge in [-0.25, -0.2) is 0 Å². The number of fused-ring (bicyclic) bond motifs is 1. The molecule has 1 fully saturated rings. The quantitative estimate of drug-likeness (QED) is 0.407. The van der Waals surface area contributed by atoms with Crippen LogP contribution < -0.4 is 10.6 Å². The van der Waals surface area contributed by atoms with E-state index in [4.69, 9.17) is 0 Å². The summed E-state index contributed by atoms with van der Waals surface area (Å²) in [6, 6.07) is 17.1. The molecule has 0 bridgehead atoms. The molecular weight excluding hydrogens is 424 g/mol. The highest BCUT2D eigenvalue weighted by Gasteiger charge is 2.29. The Morgan fingerprint density at radius 2 is 1.91 bits per heavy atom. The molecule has 3 aromatic rings. The number of amides is 1. The van der Waals surface area contributed by atoms with Crippen molar-refractivity contribution >= 4 is 28.5 Å². The van der Waals surface area contributed by atoms with Gasteiger partial charge in [0.15, 0.2) is 0 Å². The molecule has 33 heavy (non-hydrogen) atoms. The Kier molecular flexibility index (Phi) is 6.37. The van der Waals surface area contributed by atoms with E-state index in [9.17, 15) is 4.79 Å². The number of aryl methyl sites for hydroxylation is 1. The number of rotatable bonds is 6. The molecule has 0 saturated heterocycles. The van der Waals surface area contributed by atoms with Gasteiger partial charge in [-0.2, -0.15) is 11.3 Å². The van der Waals surface area contributed by atoms with Gasteiger partial charge in [-0.1, -0.05) is 49.6 Å². The molecule has 1 aromatic heterocycles. The molecule has 2 aliphatic rings. The zero-order valence-electron chi connectivity index (χ0n) is 19.5. The summed E-state index contributed by atoms with van der Waals surface area (Å²) in [6.07, 6.45) is 5.88. The Labute approximate surface area is 200 Å². The molecule has 1 unspecified atom stereocenters. The molecule has 4 heteroatoms. The Hall–Kier alpha value is -2.85. The van der Waals surface area contributed by atoms with Crippen molar-refractivity contribution in [2.75, 3.05) is 11.9 Å². The van der Waals surface area contributed by atoms with Gasteiger partial charge in [0.25, 0.3) is 5.91 Å². The normalized spacial score (nSPS) is 16.9. The van der Waals surface area contributed by atoms with Crippen LogP contribution in [0.15, 0.2) is 64.9 Å². The Balaban J connectivity index is 1.48. The highest BCUT2D eigenvalue weighted by Crippen LogP contribution is 2.39. The van der Waals surface area contributed by atoms with Gasteiger partial charge in [-0.15, -0.1) is 0 Å². The van der Waals surface area contributed by atoms with Crippen LogP contribution in [0.5, 0.6) is 0 Å². The van der Waals surface area contributed by atoms with Crippen LogP contribution in [0.4, 0.5) is 5.69 Å². The summed E-state index contributed by atoms with van der Waals surface area (Å²) in [4.78, 5) is 13.5. The summed E-state index contributed by atoms with van der Waals surface area (Å²) in [5, 5.41) is 11.3. The minimum absolute atomic E-state index is 0.0211. The predicted molar refractivity (Wildman–Crippen MR) is 139 cm³/mol. The van der Waals surface area contributed by atoms with Gasteiger partial charge in [0.2, 0.25) is 0 Å². The fourth-order valence-electron chi connectivity index (χ4n) is 5.35. The fraction of sp³-hybridized carbons (Fsp3) is 0.345. The standard InChI is InChI=1S/C29H32N2OS/c1-3-20-17-30-26-13-12-23(16-25(26)27(20)21-10-8-19(2)9-11-21)29(32)31-28(22-6-4-5-7-22)24-14-15-33-18-24/h8-16,18,22,28,30H,3-7,17H2,1-2H3,(H,31,32). The van der Waals surface area contributed by atoms with E-state index in [1.165, 1.54) is 53.5 Å². The first-order valence-corrected chi connectivity index (χ1v) is 13.1. The number of anilines is 1. The highest BCUT2D eigenvalue weighted by molar-refractivity contribution is 7.08. The van der Waals surface area contributed by atoms with E-state index in [1.54, 1.807) is 11.3 Å². The summed E-state index contributed by atoms with van der Waals surface area (Å²) in [6.45, 7) is 5.17. The van der Waals surface area contributed by atoms with E-state index in [0.29, 0.717) is 5.92 Å². The second-order valence-electron chi connectivity index (χ2n) is 9.36. The van der Waals surface area contributed by atoms with Gasteiger partial charge in [0, 0.05) is 23.4 Å². The maximum atomic E-state index is 13.5. The molecule has 0 radical (unpaired) electrons. The number of thiophene rings is 1. The van der Waals surface area contributed by atoms with Gasteiger partial charge in [-0.3, -0.25) is 4.79 Å². The topological polar surface area (TPSA) is 41.1 Å². The Morgan fingerprint density at radius 3 is 2.61 bits per heavy atom. The van der Waals surface area contributed by atoms with Gasteiger partial charge in [-0.05, 0) is 89.4 Å². The van der Waals surface area contributed by atoms with Crippen LogP contribution in [-0.2, 0) is 0 Å². The molecule has 0 spiro atoms. The lowest BCUT2D eigenvalue weighted by Gasteiger charge is -2.27. The fourth-order valence-corrected chi connectivity index (χ4v) is 6.05. The molecule has 2 N–H and O–H groups in total. The Bertz CT molecular complexity index is 1150. The van der Waals surface area contributed by atoms with Crippen molar-refractivity contribution in [1.82, 2.24) is 5.32 Å². The number of carbonyl (C=O) groups excluding carboxylic acids is 1. The average molecular weight is 457 g/mol. The lowest BCUT2D eigenvalue weighted by molar-refractivity contribution is 0.0922. The first-order chi connectivity index (χ1) is 16.1. The van der Waals surface area contributed by atoms with Crippen LogP contribution in [0.25, 0.3) is 5.57 Å². The minimum Gasteiger partial charge on any atom is -0.381 e. The van der Waals surface area contributed by atoms with Crippen LogP contribution in [0.1, 0.15) is 77.7 Å². The number of carbonyl (C=O) groups is 1. The first-order valence-electron chi connectivity index (χ1n) is 12.1. The first kappa shape index (κ1) is 22.0. The number of hydrogen-bond acceptors (Lipinski definition) is 3. The summed E-state index contributed by atoms with van der Waals surface area (Å²) in [7, 11) is 0. The Morgan fingerprint density at radius 1 is 1.12 bits per heavy atom. The van der Waals surface area contributed by atoms with Crippen molar-refractivity contribution in [2.45, 2.75) is 52.0 Å². The lowest BCUT2D eigenvalue weighted by atomic mass is 9.87. The molecule has 1 amide bonds. The van der Waals surface area contributed by atoms with Crippen molar-refractivity contribution in [1.29, 1.82) is 0 Å². The van der Waals surface area contributed by atoms with E-state index >= 15 is 0 Å². The maximum absolute atomic E-state index is 13.5. The van der Waals surface area contributed by atoms with Crippen molar-refractivity contribution < 1.29 is 4.79 Å². The third-order valence-corrected chi connectivity index (χ3v) is 7.93. The zero-order valence-corrected chi connectivity index (χ0v) is 20.3. The smallest absolute Gasteiger partial charge is 0.251 e. The molecule has 2 aromatic carbocycles. The van der Waals surface area contributed by atoms with Crippen molar-refractivity contribution in [2.24, 2.45) is 5.92 Å². The van der Waals surface area contributed by atoms with E-state index in [0.717, 1.165) is 29.8 Å². The van der Waals surface area contributed by atoms with Gasteiger partial charge in [0.05, 0.1) is 6.04 Å².